The maximum absolute atomic E-state index is 13.4. The van der Waals surface area contributed by atoms with Crippen LogP contribution in [0, 0.1) is 6.57 Å². The van der Waals surface area contributed by atoms with Gasteiger partial charge < -0.3 is 28.9 Å². The van der Waals surface area contributed by atoms with E-state index in [9.17, 15) is 9.59 Å². The van der Waals surface area contributed by atoms with Gasteiger partial charge in [0, 0.05) is 32.2 Å². The standard InChI is InChI=1S/C35H44ClN5O5/c1-35(2,3)46-34(43)40-19-15-26(16-20-40)44-25-13-17-39(18-14-25)32-12-10-28-31(38-32)22-41(33(28)42)23-5-7-24(8-6-23)45-27-9-11-30(37-4)29(36)21-27/h9-12,21,23-26H,5-8,13-20,22H2,1-3H3. The lowest BCUT2D eigenvalue weighted by molar-refractivity contribution is -0.0536. The second-order valence-corrected chi connectivity index (χ2v) is 14.3. The zero-order chi connectivity index (χ0) is 32.4. The molecule has 1 aromatic carbocycles. The van der Waals surface area contributed by atoms with Gasteiger partial charge in [-0.3, -0.25) is 4.79 Å². The van der Waals surface area contributed by atoms with Gasteiger partial charge in [-0.15, -0.1) is 0 Å². The van der Waals surface area contributed by atoms with Crippen molar-refractivity contribution in [3.05, 3.63) is 58.0 Å². The first-order chi connectivity index (χ1) is 22.1. The number of pyridine rings is 1. The summed E-state index contributed by atoms with van der Waals surface area (Å²) in [6, 6.07) is 9.30. The van der Waals surface area contributed by atoms with Crippen molar-refractivity contribution in [2.45, 2.75) is 109 Å². The van der Waals surface area contributed by atoms with E-state index in [4.69, 9.17) is 37.4 Å². The molecule has 0 unspecified atom stereocenters. The molecular formula is C35H44ClN5O5. The number of piperidine rings is 2. The molecule has 46 heavy (non-hydrogen) atoms. The minimum absolute atomic E-state index is 0.0628. The Balaban J connectivity index is 0.950. The summed E-state index contributed by atoms with van der Waals surface area (Å²) < 4.78 is 18.1. The molecule has 4 heterocycles. The lowest BCUT2D eigenvalue weighted by Gasteiger charge is -2.37. The smallest absolute Gasteiger partial charge is 0.410 e. The molecule has 3 fully saturated rings. The maximum atomic E-state index is 13.4. The number of benzene rings is 1. The number of carbonyl (C=O) groups is 2. The lowest BCUT2D eigenvalue weighted by Crippen LogP contribution is -2.45. The van der Waals surface area contributed by atoms with Crippen molar-refractivity contribution in [2.24, 2.45) is 0 Å². The van der Waals surface area contributed by atoms with Crippen molar-refractivity contribution in [1.82, 2.24) is 14.8 Å². The van der Waals surface area contributed by atoms with Gasteiger partial charge in [0.25, 0.3) is 5.91 Å². The van der Waals surface area contributed by atoms with E-state index >= 15 is 0 Å². The van der Waals surface area contributed by atoms with Crippen LogP contribution in [0.3, 0.4) is 0 Å². The largest absolute Gasteiger partial charge is 0.490 e. The van der Waals surface area contributed by atoms with Gasteiger partial charge in [-0.25, -0.2) is 14.6 Å². The number of carbonyl (C=O) groups excluding carboxylic acids is 2. The first kappa shape index (κ1) is 32.4. The molecule has 4 aliphatic rings. The summed E-state index contributed by atoms with van der Waals surface area (Å²) >= 11 is 6.18. The van der Waals surface area contributed by atoms with Crippen molar-refractivity contribution in [1.29, 1.82) is 0 Å². The summed E-state index contributed by atoms with van der Waals surface area (Å²) in [7, 11) is 0. The Labute approximate surface area is 276 Å². The minimum atomic E-state index is -0.483. The molecule has 0 N–H and O–H groups in total. The van der Waals surface area contributed by atoms with Crippen LogP contribution < -0.4 is 9.64 Å². The van der Waals surface area contributed by atoms with E-state index in [0.717, 1.165) is 76.0 Å². The van der Waals surface area contributed by atoms with Crippen LogP contribution in [0.1, 0.15) is 88.2 Å². The highest BCUT2D eigenvalue weighted by Gasteiger charge is 2.37. The van der Waals surface area contributed by atoms with Crippen LogP contribution in [-0.2, 0) is 16.0 Å². The van der Waals surface area contributed by atoms with Crippen molar-refractivity contribution in [3.63, 3.8) is 0 Å². The number of hydrogen-bond donors (Lipinski definition) is 0. The van der Waals surface area contributed by atoms with Crippen LogP contribution in [-0.4, -0.2) is 82.9 Å². The van der Waals surface area contributed by atoms with Crippen LogP contribution in [0.15, 0.2) is 30.3 Å². The van der Waals surface area contributed by atoms with Gasteiger partial charge in [0.1, 0.15) is 17.2 Å². The highest BCUT2D eigenvalue weighted by molar-refractivity contribution is 6.33. The molecule has 0 spiro atoms. The van der Waals surface area contributed by atoms with Gasteiger partial charge in [-0.2, -0.15) is 0 Å². The van der Waals surface area contributed by atoms with Gasteiger partial charge in [-0.1, -0.05) is 17.7 Å². The Hall–Kier alpha value is -3.55. The fourth-order valence-corrected chi connectivity index (χ4v) is 7.19. The molecule has 0 radical (unpaired) electrons. The number of likely N-dealkylation sites (tertiary alicyclic amines) is 1. The molecule has 3 aliphatic heterocycles. The zero-order valence-electron chi connectivity index (χ0n) is 27.0. The summed E-state index contributed by atoms with van der Waals surface area (Å²) in [5.41, 5.74) is 1.52. The van der Waals surface area contributed by atoms with E-state index in [1.807, 2.05) is 37.8 Å². The number of aromatic nitrogens is 1. The Morgan fingerprint density at radius 1 is 0.935 bits per heavy atom. The highest BCUT2D eigenvalue weighted by atomic mass is 35.5. The van der Waals surface area contributed by atoms with Crippen LogP contribution in [0.25, 0.3) is 4.85 Å². The topological polar surface area (TPSA) is 88.8 Å². The van der Waals surface area contributed by atoms with Crippen molar-refractivity contribution in [3.8, 4) is 5.75 Å². The summed E-state index contributed by atoms with van der Waals surface area (Å²) in [4.78, 5) is 40.2. The molecule has 0 bridgehead atoms. The second kappa shape index (κ2) is 13.7. The van der Waals surface area contributed by atoms with Crippen LogP contribution in [0.5, 0.6) is 5.75 Å². The average molecular weight is 650 g/mol. The van der Waals surface area contributed by atoms with E-state index in [2.05, 4.69) is 9.74 Å². The highest BCUT2D eigenvalue weighted by Crippen LogP contribution is 2.35. The molecule has 11 heteroatoms. The van der Waals surface area contributed by atoms with Gasteiger partial charge >= 0.3 is 6.09 Å². The van der Waals surface area contributed by atoms with Crippen molar-refractivity contribution < 1.29 is 23.8 Å². The van der Waals surface area contributed by atoms with Crippen LogP contribution in [0.4, 0.5) is 16.3 Å². The molecule has 2 saturated heterocycles. The lowest BCUT2D eigenvalue weighted by atomic mass is 9.92. The van der Waals surface area contributed by atoms with Gasteiger partial charge in [-0.05, 0) is 96.4 Å². The normalized spacial score (nSPS) is 22.8. The molecule has 1 saturated carbocycles. The first-order valence-electron chi connectivity index (χ1n) is 16.6. The van der Waals surface area contributed by atoms with E-state index in [0.29, 0.717) is 41.7 Å². The van der Waals surface area contributed by atoms with Gasteiger partial charge in [0.15, 0.2) is 0 Å². The third-order valence-electron chi connectivity index (χ3n) is 9.44. The quantitative estimate of drug-likeness (QED) is 0.311. The first-order valence-corrected chi connectivity index (χ1v) is 17.0. The summed E-state index contributed by atoms with van der Waals surface area (Å²) in [5, 5.41) is 0.403. The van der Waals surface area contributed by atoms with E-state index < -0.39 is 5.60 Å². The third kappa shape index (κ3) is 7.53. The van der Waals surface area contributed by atoms with Crippen LogP contribution in [0.2, 0.25) is 5.02 Å². The molecule has 1 aliphatic carbocycles. The SMILES string of the molecule is [C-]#[N+]c1ccc(OC2CCC(N3Cc4nc(N5CCC(OC6CCN(C(=O)OC(C)(C)C)CC6)CC5)ccc4C3=O)CC2)cc1Cl. The number of rotatable bonds is 6. The zero-order valence-corrected chi connectivity index (χ0v) is 27.8. The fraction of sp³-hybridized carbons (Fsp3) is 0.600. The number of hydrogen-bond acceptors (Lipinski definition) is 7. The predicted octanol–water partition coefficient (Wildman–Crippen LogP) is 7.02. The van der Waals surface area contributed by atoms with Gasteiger partial charge in [0.2, 0.25) is 5.69 Å². The predicted molar refractivity (Wildman–Crippen MR) is 176 cm³/mol. The Bertz CT molecular complexity index is 1460. The number of nitrogens with zero attached hydrogens (tertiary/aromatic N) is 5. The molecule has 6 rings (SSSR count). The number of amides is 2. The minimum Gasteiger partial charge on any atom is -0.490 e. The number of fused-ring (bicyclic) bond motifs is 1. The number of ether oxygens (including phenoxy) is 3. The van der Waals surface area contributed by atoms with Crippen LogP contribution >= 0.6 is 11.6 Å². The third-order valence-corrected chi connectivity index (χ3v) is 9.75. The molecule has 10 nitrogen and oxygen atoms in total. The number of anilines is 1. The molecule has 2 aromatic rings. The van der Waals surface area contributed by atoms with Crippen molar-refractivity contribution in [2.75, 3.05) is 31.1 Å². The Morgan fingerprint density at radius 2 is 1.61 bits per heavy atom. The molecule has 2 amide bonds. The molecule has 1 aromatic heterocycles. The van der Waals surface area contributed by atoms with E-state index in [1.54, 1.807) is 23.1 Å². The monoisotopic (exact) mass is 649 g/mol. The summed E-state index contributed by atoms with van der Waals surface area (Å²) in [6.07, 6.45) is 7.17. The number of halogens is 1. The second-order valence-electron chi connectivity index (χ2n) is 13.9. The Kier molecular flexibility index (Phi) is 9.62. The summed E-state index contributed by atoms with van der Waals surface area (Å²) in [5.74, 6) is 1.68. The average Bonchev–Trinajstić information content (AvgIpc) is 3.37. The summed E-state index contributed by atoms with van der Waals surface area (Å²) in [6.45, 7) is 16.4. The Morgan fingerprint density at radius 3 is 2.24 bits per heavy atom. The maximum Gasteiger partial charge on any atom is 0.410 e. The molecule has 246 valence electrons. The molecular weight excluding hydrogens is 606 g/mol. The van der Waals surface area contributed by atoms with Crippen molar-refractivity contribution >= 4 is 35.1 Å². The molecule has 0 atom stereocenters. The fourth-order valence-electron chi connectivity index (χ4n) is 6.98. The van der Waals surface area contributed by atoms with Gasteiger partial charge in [0.05, 0.1) is 47.7 Å². The van der Waals surface area contributed by atoms with E-state index in [-0.39, 0.29) is 36.4 Å². The van der Waals surface area contributed by atoms with E-state index in [1.165, 1.54) is 0 Å².